The number of allylic oxidation sites excluding steroid dienone is 3. The van der Waals surface area contributed by atoms with Gasteiger partial charge < -0.3 is 10.4 Å². The molecular formula is C52H101NO5S. The lowest BCUT2D eigenvalue weighted by Crippen LogP contribution is -2.46. The average Bonchev–Trinajstić information content (AvgIpc) is 3.20. The molecule has 1 amide bonds. The Hall–Kier alpha value is -1.18. The average molecular weight is 852 g/mol. The van der Waals surface area contributed by atoms with Crippen molar-refractivity contribution in [3.05, 3.63) is 24.3 Å². The van der Waals surface area contributed by atoms with Gasteiger partial charge in [-0.1, -0.05) is 269 Å². The fraction of sp³-hybridized carbons (Fsp3) is 0.904. The molecule has 7 heteroatoms. The lowest BCUT2D eigenvalue weighted by molar-refractivity contribution is -0.122. The normalized spacial score (nSPS) is 13.2. The van der Waals surface area contributed by atoms with E-state index in [1.807, 2.05) is 6.08 Å². The summed E-state index contributed by atoms with van der Waals surface area (Å²) in [6.45, 7) is 4.56. The molecule has 0 radical (unpaired) electrons. The van der Waals surface area contributed by atoms with Crippen LogP contribution in [0.3, 0.4) is 0 Å². The number of rotatable bonds is 48. The van der Waals surface area contributed by atoms with Crippen LogP contribution in [0.4, 0.5) is 0 Å². The minimum absolute atomic E-state index is 0.281. The Morgan fingerprint density at radius 3 is 1.07 bits per heavy atom. The van der Waals surface area contributed by atoms with Gasteiger partial charge in [0.15, 0.2) is 0 Å². The molecule has 350 valence electrons. The van der Waals surface area contributed by atoms with Gasteiger partial charge in [0.2, 0.25) is 5.91 Å². The van der Waals surface area contributed by atoms with Crippen molar-refractivity contribution in [1.29, 1.82) is 0 Å². The molecule has 0 rings (SSSR count). The molecule has 0 bridgehead atoms. The van der Waals surface area contributed by atoms with E-state index < -0.39 is 28.0 Å². The molecule has 0 saturated heterocycles. The van der Waals surface area contributed by atoms with Crippen molar-refractivity contribution in [3.8, 4) is 0 Å². The predicted molar refractivity (Wildman–Crippen MR) is 258 cm³/mol. The van der Waals surface area contributed by atoms with Gasteiger partial charge in [0, 0.05) is 6.42 Å². The van der Waals surface area contributed by atoms with Crippen LogP contribution in [0.25, 0.3) is 0 Å². The molecule has 2 unspecified atom stereocenters. The highest BCUT2D eigenvalue weighted by Gasteiger charge is 2.24. The van der Waals surface area contributed by atoms with Crippen LogP contribution in [-0.4, -0.2) is 41.9 Å². The first-order chi connectivity index (χ1) is 28.8. The highest BCUT2D eigenvalue weighted by molar-refractivity contribution is 7.85. The minimum Gasteiger partial charge on any atom is -0.387 e. The molecule has 0 aromatic heterocycles. The van der Waals surface area contributed by atoms with Crippen LogP contribution in [0.2, 0.25) is 0 Å². The second-order valence-electron chi connectivity index (χ2n) is 18.2. The molecule has 0 aliphatic heterocycles. The van der Waals surface area contributed by atoms with Crippen molar-refractivity contribution < 1.29 is 22.9 Å². The van der Waals surface area contributed by atoms with Gasteiger partial charge in [-0.3, -0.25) is 9.35 Å². The maximum atomic E-state index is 12.6. The number of aliphatic hydroxyl groups is 1. The Balaban J connectivity index is 3.79. The summed E-state index contributed by atoms with van der Waals surface area (Å²) in [6.07, 6.45) is 60.5. The minimum atomic E-state index is -4.36. The lowest BCUT2D eigenvalue weighted by atomic mass is 10.0. The molecule has 0 aromatic carbocycles. The van der Waals surface area contributed by atoms with Gasteiger partial charge in [0.05, 0.1) is 17.9 Å². The molecule has 3 N–H and O–H groups in total. The summed E-state index contributed by atoms with van der Waals surface area (Å²) in [5, 5.41) is 13.3. The van der Waals surface area contributed by atoms with Crippen LogP contribution in [0.5, 0.6) is 0 Å². The van der Waals surface area contributed by atoms with E-state index in [9.17, 15) is 22.9 Å². The van der Waals surface area contributed by atoms with E-state index in [1.54, 1.807) is 6.08 Å². The highest BCUT2D eigenvalue weighted by Crippen LogP contribution is 2.17. The van der Waals surface area contributed by atoms with Gasteiger partial charge in [-0.05, 0) is 32.1 Å². The molecule has 0 saturated carbocycles. The van der Waals surface area contributed by atoms with Gasteiger partial charge in [-0.2, -0.15) is 8.42 Å². The van der Waals surface area contributed by atoms with Gasteiger partial charge in [-0.25, -0.2) is 0 Å². The summed E-state index contributed by atoms with van der Waals surface area (Å²) in [6, 6.07) is -1.07. The summed E-state index contributed by atoms with van der Waals surface area (Å²) >= 11 is 0. The fourth-order valence-electron chi connectivity index (χ4n) is 8.23. The van der Waals surface area contributed by atoms with Crippen molar-refractivity contribution in [2.75, 3.05) is 5.75 Å². The smallest absolute Gasteiger partial charge is 0.267 e. The first-order valence-corrected chi connectivity index (χ1v) is 27.6. The summed E-state index contributed by atoms with van der Waals surface area (Å²) in [5.41, 5.74) is 0. The van der Waals surface area contributed by atoms with Crippen molar-refractivity contribution in [2.24, 2.45) is 0 Å². The van der Waals surface area contributed by atoms with E-state index in [4.69, 9.17) is 0 Å². The van der Waals surface area contributed by atoms with Crippen LogP contribution in [0.1, 0.15) is 284 Å². The Labute approximate surface area is 368 Å². The van der Waals surface area contributed by atoms with E-state index in [-0.39, 0.29) is 5.91 Å². The van der Waals surface area contributed by atoms with Crippen LogP contribution in [-0.2, 0) is 14.9 Å². The van der Waals surface area contributed by atoms with E-state index in [0.29, 0.717) is 6.42 Å². The molecule has 0 aliphatic rings. The van der Waals surface area contributed by atoms with Crippen molar-refractivity contribution >= 4 is 16.0 Å². The molecule has 2 atom stereocenters. The van der Waals surface area contributed by atoms with Crippen LogP contribution in [0, 0.1) is 0 Å². The first kappa shape index (κ1) is 57.8. The summed E-state index contributed by atoms with van der Waals surface area (Å²) in [4.78, 5) is 12.6. The Bertz CT molecular complexity index is 1030. The third-order valence-electron chi connectivity index (χ3n) is 12.1. The second-order valence-corrected chi connectivity index (χ2v) is 19.7. The number of unbranched alkanes of at least 4 members (excludes halogenated alkanes) is 38. The number of hydrogen-bond donors (Lipinski definition) is 3. The van der Waals surface area contributed by atoms with E-state index in [2.05, 4.69) is 31.3 Å². The fourth-order valence-corrected chi connectivity index (χ4v) is 8.97. The number of amides is 1. The Morgan fingerprint density at radius 2 is 0.729 bits per heavy atom. The zero-order valence-electron chi connectivity index (χ0n) is 39.4. The summed E-state index contributed by atoms with van der Waals surface area (Å²) in [5.74, 6) is -0.987. The standard InChI is InChI=1S/C52H101NO5S/c1-3-5-7-9-11-13-15-17-19-21-23-25-26-28-30-32-34-36-38-40-42-44-46-48-52(55)53-50(49-59(56,57)58)51(54)47-45-43-41-39-37-35-33-31-29-27-24-22-20-18-16-14-12-10-8-6-4-2/h37,39,45,47,50-51,54H,3-36,38,40-44,46,48-49H2,1-2H3,(H,53,55)(H,56,57,58)/b39-37+,47-45+. The van der Waals surface area contributed by atoms with E-state index in [1.165, 1.54) is 225 Å². The second kappa shape index (κ2) is 46.3. The largest absolute Gasteiger partial charge is 0.387 e. The molecule has 0 aromatic rings. The van der Waals surface area contributed by atoms with Gasteiger partial charge >= 0.3 is 0 Å². The summed E-state index contributed by atoms with van der Waals surface area (Å²) < 4.78 is 32.7. The number of hydrogen-bond acceptors (Lipinski definition) is 4. The molecule has 0 heterocycles. The zero-order chi connectivity index (χ0) is 43.2. The van der Waals surface area contributed by atoms with Crippen LogP contribution < -0.4 is 5.32 Å². The maximum Gasteiger partial charge on any atom is 0.267 e. The number of carbonyl (C=O) groups excluding carboxylic acids is 1. The third-order valence-corrected chi connectivity index (χ3v) is 12.9. The van der Waals surface area contributed by atoms with Gasteiger partial charge in [0.1, 0.15) is 0 Å². The van der Waals surface area contributed by atoms with Crippen molar-refractivity contribution in [2.45, 2.75) is 296 Å². The van der Waals surface area contributed by atoms with E-state index >= 15 is 0 Å². The zero-order valence-corrected chi connectivity index (χ0v) is 40.2. The van der Waals surface area contributed by atoms with Crippen molar-refractivity contribution in [3.63, 3.8) is 0 Å². The van der Waals surface area contributed by atoms with Crippen LogP contribution in [0.15, 0.2) is 24.3 Å². The number of carbonyl (C=O) groups is 1. The molecule has 59 heavy (non-hydrogen) atoms. The quantitative estimate of drug-likeness (QED) is 0.0321. The monoisotopic (exact) mass is 852 g/mol. The predicted octanol–water partition coefficient (Wildman–Crippen LogP) is 16.3. The molecule has 0 spiro atoms. The number of nitrogens with one attached hydrogen (secondary N) is 1. The lowest BCUT2D eigenvalue weighted by Gasteiger charge is -2.21. The molecule has 0 fully saturated rings. The first-order valence-electron chi connectivity index (χ1n) is 26.0. The van der Waals surface area contributed by atoms with Gasteiger partial charge in [-0.15, -0.1) is 0 Å². The number of aliphatic hydroxyl groups excluding tert-OH is 1. The van der Waals surface area contributed by atoms with E-state index in [0.717, 1.165) is 38.5 Å². The summed E-state index contributed by atoms with van der Waals surface area (Å²) in [7, 11) is -4.36. The highest BCUT2D eigenvalue weighted by atomic mass is 32.2. The van der Waals surface area contributed by atoms with Crippen molar-refractivity contribution in [1.82, 2.24) is 5.32 Å². The molecular weight excluding hydrogens is 751 g/mol. The molecule has 6 nitrogen and oxygen atoms in total. The Morgan fingerprint density at radius 1 is 0.441 bits per heavy atom. The van der Waals surface area contributed by atoms with Gasteiger partial charge in [0.25, 0.3) is 10.1 Å². The Kier molecular flexibility index (Phi) is 45.4. The maximum absolute atomic E-state index is 12.6. The third kappa shape index (κ3) is 47.7. The molecule has 0 aliphatic carbocycles. The SMILES string of the molecule is CCCCCCCCCCCCCCCCC/C=C/CC/C=C/C(O)C(CS(=O)(=O)O)NC(=O)CCCCCCCCCCCCCCCCCCCCCCCCC. The van der Waals surface area contributed by atoms with Crippen LogP contribution >= 0.6 is 0 Å². The topological polar surface area (TPSA) is 104 Å².